The van der Waals surface area contributed by atoms with Crippen molar-refractivity contribution in [1.29, 1.82) is 0 Å². The Morgan fingerprint density at radius 3 is 2.92 bits per heavy atom. The summed E-state index contributed by atoms with van der Waals surface area (Å²) < 4.78 is 0. The van der Waals surface area contributed by atoms with Crippen LogP contribution in [0.25, 0.3) is 0 Å². The summed E-state index contributed by atoms with van der Waals surface area (Å²) in [6.07, 6.45) is 1.50. The summed E-state index contributed by atoms with van der Waals surface area (Å²) in [6.45, 7) is 1.74. The second-order valence-electron chi connectivity index (χ2n) is 2.53. The van der Waals surface area contributed by atoms with Gasteiger partial charge in [-0.05, 0) is 13.0 Å². The normalized spacial score (nSPS) is 9.75. The topological polar surface area (TPSA) is 76.2 Å². The van der Waals surface area contributed by atoms with Crippen LogP contribution in [-0.4, -0.2) is 16.1 Å². The van der Waals surface area contributed by atoms with E-state index in [4.69, 9.17) is 10.8 Å². The zero-order valence-corrected chi connectivity index (χ0v) is 6.74. The van der Waals surface area contributed by atoms with Gasteiger partial charge in [-0.3, -0.25) is 9.78 Å². The summed E-state index contributed by atoms with van der Waals surface area (Å²) in [4.78, 5) is 14.3. The highest BCUT2D eigenvalue weighted by Gasteiger charge is 2.07. The van der Waals surface area contributed by atoms with Crippen molar-refractivity contribution in [3.63, 3.8) is 0 Å². The molecule has 0 aliphatic carbocycles. The van der Waals surface area contributed by atoms with Gasteiger partial charge in [-0.15, -0.1) is 0 Å². The third-order valence-electron chi connectivity index (χ3n) is 1.64. The molecular weight excluding hydrogens is 156 g/mol. The molecule has 4 heteroatoms. The Bertz CT molecular complexity index is 290. The zero-order chi connectivity index (χ0) is 9.14. The van der Waals surface area contributed by atoms with Crippen LogP contribution in [0.1, 0.15) is 11.3 Å². The number of carboxylic acids is 1. The van der Waals surface area contributed by atoms with Gasteiger partial charge in [0, 0.05) is 23.1 Å². The highest BCUT2D eigenvalue weighted by molar-refractivity contribution is 5.73. The van der Waals surface area contributed by atoms with E-state index < -0.39 is 5.97 Å². The summed E-state index contributed by atoms with van der Waals surface area (Å²) in [6, 6.07) is 1.60. The number of hydrogen-bond donors (Lipinski definition) is 2. The van der Waals surface area contributed by atoms with Crippen molar-refractivity contribution in [3.8, 4) is 0 Å². The number of hydrogen-bond acceptors (Lipinski definition) is 3. The third kappa shape index (κ3) is 1.72. The fourth-order valence-corrected chi connectivity index (χ4v) is 0.998. The monoisotopic (exact) mass is 166 g/mol. The predicted octanol–water partition coefficient (Wildman–Crippen LogP) is 0.599. The highest BCUT2D eigenvalue weighted by atomic mass is 16.4. The molecule has 0 saturated carbocycles. The van der Waals surface area contributed by atoms with E-state index in [9.17, 15) is 4.79 Å². The number of nitrogens with two attached hydrogens (primary N) is 1. The minimum absolute atomic E-state index is 0.0640. The van der Waals surface area contributed by atoms with Crippen LogP contribution in [0.3, 0.4) is 0 Å². The molecule has 0 aliphatic heterocycles. The van der Waals surface area contributed by atoms with Gasteiger partial charge in [0.2, 0.25) is 0 Å². The summed E-state index contributed by atoms with van der Waals surface area (Å²) in [7, 11) is 0. The molecule has 64 valence electrons. The van der Waals surface area contributed by atoms with Gasteiger partial charge in [-0.1, -0.05) is 0 Å². The van der Waals surface area contributed by atoms with Gasteiger partial charge in [0.05, 0.1) is 6.42 Å². The van der Waals surface area contributed by atoms with E-state index in [0.29, 0.717) is 16.9 Å². The lowest BCUT2D eigenvalue weighted by atomic mass is 10.1. The Labute approximate surface area is 70.0 Å². The van der Waals surface area contributed by atoms with E-state index in [1.54, 1.807) is 19.2 Å². The van der Waals surface area contributed by atoms with E-state index in [0.717, 1.165) is 0 Å². The molecule has 0 aromatic carbocycles. The molecular formula is C8H10N2O2. The Kier molecular flexibility index (Phi) is 2.28. The number of aliphatic carboxylic acids is 1. The molecule has 12 heavy (non-hydrogen) atoms. The maximum atomic E-state index is 10.4. The van der Waals surface area contributed by atoms with Crippen molar-refractivity contribution in [2.75, 3.05) is 5.73 Å². The Morgan fingerprint density at radius 2 is 2.42 bits per heavy atom. The fourth-order valence-electron chi connectivity index (χ4n) is 0.998. The second kappa shape index (κ2) is 3.21. The summed E-state index contributed by atoms with van der Waals surface area (Å²) in [5.41, 5.74) is 7.34. The van der Waals surface area contributed by atoms with Crippen LogP contribution >= 0.6 is 0 Å². The van der Waals surface area contributed by atoms with Crippen LogP contribution in [0.15, 0.2) is 12.3 Å². The van der Waals surface area contributed by atoms with Crippen molar-refractivity contribution in [3.05, 3.63) is 23.5 Å². The Hall–Kier alpha value is -1.58. The molecule has 0 fully saturated rings. The summed E-state index contributed by atoms with van der Waals surface area (Å²) in [5, 5.41) is 8.53. The molecule has 1 heterocycles. The van der Waals surface area contributed by atoms with Crippen molar-refractivity contribution >= 4 is 11.7 Å². The number of aryl methyl sites for hydroxylation is 1. The van der Waals surface area contributed by atoms with Crippen LogP contribution in [0.5, 0.6) is 0 Å². The van der Waals surface area contributed by atoms with Gasteiger partial charge in [0.25, 0.3) is 0 Å². The number of rotatable bonds is 2. The van der Waals surface area contributed by atoms with Crippen LogP contribution in [0.4, 0.5) is 5.69 Å². The van der Waals surface area contributed by atoms with Crippen molar-refractivity contribution < 1.29 is 9.90 Å². The molecule has 0 bridgehead atoms. The SMILES string of the molecule is Cc1nccc(N)c1CC(=O)O. The lowest BCUT2D eigenvalue weighted by Gasteiger charge is -2.04. The lowest BCUT2D eigenvalue weighted by Crippen LogP contribution is -2.06. The standard InChI is InChI=1S/C8H10N2O2/c1-5-6(4-8(11)12)7(9)2-3-10-5/h2-3H,4H2,1H3,(H2,9,10)(H,11,12). The first kappa shape index (κ1) is 8.52. The first-order chi connectivity index (χ1) is 5.61. The average Bonchev–Trinajstić information content (AvgIpc) is 1.97. The Balaban J connectivity index is 3.04. The van der Waals surface area contributed by atoms with E-state index >= 15 is 0 Å². The van der Waals surface area contributed by atoms with E-state index in [2.05, 4.69) is 4.98 Å². The number of carbonyl (C=O) groups is 1. The number of pyridine rings is 1. The van der Waals surface area contributed by atoms with Crippen molar-refractivity contribution in [1.82, 2.24) is 4.98 Å². The molecule has 0 unspecified atom stereocenters. The minimum atomic E-state index is -0.891. The number of nitrogen functional groups attached to an aromatic ring is 1. The quantitative estimate of drug-likeness (QED) is 0.674. The first-order valence-electron chi connectivity index (χ1n) is 3.53. The fraction of sp³-hybridized carbons (Fsp3) is 0.250. The number of carboxylic acid groups (broad SMARTS) is 1. The predicted molar refractivity (Wildman–Crippen MR) is 44.7 cm³/mol. The van der Waals surface area contributed by atoms with E-state index in [1.165, 1.54) is 0 Å². The van der Waals surface area contributed by atoms with Gasteiger partial charge < -0.3 is 10.8 Å². The molecule has 0 radical (unpaired) electrons. The molecule has 1 aromatic heterocycles. The highest BCUT2D eigenvalue weighted by Crippen LogP contribution is 2.13. The molecule has 4 nitrogen and oxygen atoms in total. The van der Waals surface area contributed by atoms with Gasteiger partial charge in [-0.2, -0.15) is 0 Å². The van der Waals surface area contributed by atoms with Crippen LogP contribution < -0.4 is 5.73 Å². The van der Waals surface area contributed by atoms with Crippen molar-refractivity contribution in [2.45, 2.75) is 13.3 Å². The molecule has 0 aliphatic rings. The van der Waals surface area contributed by atoms with Gasteiger partial charge >= 0.3 is 5.97 Å². The number of aromatic nitrogens is 1. The minimum Gasteiger partial charge on any atom is -0.481 e. The maximum Gasteiger partial charge on any atom is 0.307 e. The molecule has 0 amide bonds. The largest absolute Gasteiger partial charge is 0.481 e. The Morgan fingerprint density at radius 1 is 1.75 bits per heavy atom. The van der Waals surface area contributed by atoms with E-state index in [-0.39, 0.29) is 6.42 Å². The summed E-state index contributed by atoms with van der Waals surface area (Å²) >= 11 is 0. The van der Waals surface area contributed by atoms with Gasteiger partial charge in [0.15, 0.2) is 0 Å². The van der Waals surface area contributed by atoms with Crippen molar-refractivity contribution in [2.24, 2.45) is 0 Å². The van der Waals surface area contributed by atoms with Gasteiger partial charge in [0.1, 0.15) is 0 Å². The van der Waals surface area contributed by atoms with Crippen LogP contribution in [0.2, 0.25) is 0 Å². The molecule has 0 atom stereocenters. The molecule has 0 spiro atoms. The molecule has 1 aromatic rings. The number of nitrogens with zero attached hydrogens (tertiary/aromatic N) is 1. The average molecular weight is 166 g/mol. The second-order valence-corrected chi connectivity index (χ2v) is 2.53. The van der Waals surface area contributed by atoms with E-state index in [1.807, 2.05) is 0 Å². The van der Waals surface area contributed by atoms with Crippen LogP contribution in [0, 0.1) is 6.92 Å². The summed E-state index contributed by atoms with van der Waals surface area (Å²) in [5.74, 6) is -0.891. The molecule has 0 saturated heterocycles. The zero-order valence-electron chi connectivity index (χ0n) is 6.74. The van der Waals surface area contributed by atoms with Crippen LogP contribution in [-0.2, 0) is 11.2 Å². The molecule has 3 N–H and O–H groups in total. The lowest BCUT2D eigenvalue weighted by molar-refractivity contribution is -0.136. The first-order valence-corrected chi connectivity index (χ1v) is 3.53. The smallest absolute Gasteiger partial charge is 0.307 e. The maximum absolute atomic E-state index is 10.4. The third-order valence-corrected chi connectivity index (χ3v) is 1.64. The van der Waals surface area contributed by atoms with Gasteiger partial charge in [-0.25, -0.2) is 0 Å². The molecule has 1 rings (SSSR count). The number of anilines is 1.